The first kappa shape index (κ1) is 28.4. The number of allylic oxidation sites excluding steroid dienone is 1. The third-order valence-corrected chi connectivity index (χ3v) is 6.99. The van der Waals surface area contributed by atoms with E-state index in [1.165, 1.54) is 26.8 Å². The van der Waals surface area contributed by atoms with Crippen LogP contribution in [0.25, 0.3) is 0 Å². The van der Waals surface area contributed by atoms with Crippen LogP contribution in [0.5, 0.6) is 0 Å². The number of hydrogen-bond acceptors (Lipinski definition) is 11. The first-order valence-corrected chi connectivity index (χ1v) is 12.2. The van der Waals surface area contributed by atoms with E-state index in [9.17, 15) is 24.0 Å². The molecule has 0 N–H and O–H groups in total. The second kappa shape index (κ2) is 11.5. The fourth-order valence-corrected chi connectivity index (χ4v) is 5.22. The van der Waals surface area contributed by atoms with E-state index < -0.39 is 71.7 Å². The molecule has 0 aliphatic carbocycles. The second-order valence-corrected chi connectivity index (χ2v) is 9.85. The molecule has 3 saturated heterocycles. The molecule has 0 aromatic rings. The lowest BCUT2D eigenvalue weighted by molar-refractivity contribution is -0.178. The van der Waals surface area contributed by atoms with Crippen molar-refractivity contribution < 1.29 is 52.4 Å². The summed E-state index contributed by atoms with van der Waals surface area (Å²) in [6.45, 7) is 10.8. The van der Waals surface area contributed by atoms with E-state index in [0.717, 1.165) is 0 Å². The molecule has 3 aliphatic rings. The molecule has 3 heterocycles. The number of ether oxygens (including phenoxy) is 6. The molecule has 7 unspecified atom stereocenters. The summed E-state index contributed by atoms with van der Waals surface area (Å²) in [5, 5.41) is 0. The highest BCUT2D eigenvalue weighted by Gasteiger charge is 2.59. The van der Waals surface area contributed by atoms with Crippen LogP contribution < -0.4 is 0 Å². The van der Waals surface area contributed by atoms with E-state index in [4.69, 9.17) is 28.4 Å². The average Bonchev–Trinajstić information content (AvgIpc) is 2.94. The Morgan fingerprint density at radius 3 is 2.30 bits per heavy atom. The van der Waals surface area contributed by atoms with Crippen molar-refractivity contribution in [2.45, 2.75) is 83.9 Å². The summed E-state index contributed by atoms with van der Waals surface area (Å²) in [6.07, 6.45) is -0.773. The fraction of sp³-hybridized carbons (Fsp3) is 0.654. The summed E-state index contributed by atoms with van der Waals surface area (Å²) in [4.78, 5) is 60.4. The van der Waals surface area contributed by atoms with Gasteiger partial charge in [-0.05, 0) is 26.7 Å². The van der Waals surface area contributed by atoms with Gasteiger partial charge in [-0.15, -0.1) is 0 Å². The summed E-state index contributed by atoms with van der Waals surface area (Å²) < 4.78 is 33.9. The molecular weight excluding hydrogens is 488 g/mol. The van der Waals surface area contributed by atoms with Gasteiger partial charge in [0.25, 0.3) is 0 Å². The molecule has 3 fully saturated rings. The normalized spacial score (nSPS) is 33.3. The van der Waals surface area contributed by atoms with Crippen molar-refractivity contribution in [1.29, 1.82) is 0 Å². The number of carbonyl (C=O) groups is 5. The SMILES string of the molecule is C=C1C(=O)OC2C3OC(C)(CCC(OC(C)=O)C3COC(C)=O)CC(OC(=O)C(=CC)COC(C)=O)C12. The smallest absolute Gasteiger partial charge is 0.337 e. The molecule has 2 bridgehead atoms. The Morgan fingerprint density at radius 1 is 1.03 bits per heavy atom. The molecule has 37 heavy (non-hydrogen) atoms. The van der Waals surface area contributed by atoms with Gasteiger partial charge in [-0.1, -0.05) is 12.7 Å². The zero-order chi connectivity index (χ0) is 27.5. The van der Waals surface area contributed by atoms with Crippen LogP contribution in [0.4, 0.5) is 0 Å². The minimum atomic E-state index is -0.932. The van der Waals surface area contributed by atoms with Crippen LogP contribution in [0.1, 0.15) is 53.9 Å². The van der Waals surface area contributed by atoms with Crippen LogP contribution in [0.2, 0.25) is 0 Å². The minimum absolute atomic E-state index is 0.124. The molecule has 11 nitrogen and oxygen atoms in total. The average molecular weight is 523 g/mol. The third-order valence-electron chi connectivity index (χ3n) is 6.99. The number of hydrogen-bond donors (Lipinski definition) is 0. The standard InChI is InChI=1S/C26H34O11/c1-7-17(11-32-14(3)27)25(31)35-20-10-26(6)9-8-19(34-16(5)29)18(12-33-15(4)28)22(37-26)23-21(20)13(2)24(30)36-23/h7,18-23H,2,8-12H2,1,3-6H3. The quantitative estimate of drug-likeness (QED) is 0.275. The third kappa shape index (κ3) is 6.57. The Labute approximate surface area is 215 Å². The second-order valence-electron chi connectivity index (χ2n) is 9.85. The van der Waals surface area contributed by atoms with Crippen LogP contribution in [0.15, 0.2) is 23.8 Å². The zero-order valence-corrected chi connectivity index (χ0v) is 21.8. The van der Waals surface area contributed by atoms with Crippen molar-refractivity contribution in [2.75, 3.05) is 13.2 Å². The molecule has 0 aromatic carbocycles. The van der Waals surface area contributed by atoms with E-state index in [-0.39, 0.29) is 30.8 Å². The molecule has 204 valence electrons. The van der Waals surface area contributed by atoms with E-state index >= 15 is 0 Å². The Balaban J connectivity index is 1.97. The Bertz CT molecular complexity index is 998. The Kier molecular flexibility index (Phi) is 8.78. The Morgan fingerprint density at radius 2 is 1.70 bits per heavy atom. The largest absolute Gasteiger partial charge is 0.465 e. The molecule has 0 radical (unpaired) electrons. The van der Waals surface area contributed by atoms with E-state index in [2.05, 4.69) is 6.58 Å². The van der Waals surface area contributed by atoms with Gasteiger partial charge in [-0.25, -0.2) is 9.59 Å². The maximum absolute atomic E-state index is 13.0. The summed E-state index contributed by atoms with van der Waals surface area (Å²) in [6, 6.07) is 0. The maximum Gasteiger partial charge on any atom is 0.337 e. The summed E-state index contributed by atoms with van der Waals surface area (Å²) in [7, 11) is 0. The van der Waals surface area contributed by atoms with Crippen LogP contribution in [0.3, 0.4) is 0 Å². The Hall–Kier alpha value is -3.21. The zero-order valence-electron chi connectivity index (χ0n) is 21.8. The van der Waals surface area contributed by atoms with Crippen LogP contribution in [-0.2, 0) is 52.4 Å². The topological polar surface area (TPSA) is 141 Å². The minimum Gasteiger partial charge on any atom is -0.465 e. The first-order chi connectivity index (χ1) is 17.3. The molecule has 3 aliphatic heterocycles. The van der Waals surface area contributed by atoms with Gasteiger partial charge in [0, 0.05) is 32.8 Å². The molecule has 0 aromatic heterocycles. The van der Waals surface area contributed by atoms with Crippen molar-refractivity contribution in [1.82, 2.24) is 0 Å². The van der Waals surface area contributed by atoms with Crippen LogP contribution >= 0.6 is 0 Å². The van der Waals surface area contributed by atoms with E-state index in [1.54, 1.807) is 6.92 Å². The summed E-state index contributed by atoms with van der Waals surface area (Å²) in [5.74, 6) is -4.33. The van der Waals surface area contributed by atoms with Crippen molar-refractivity contribution in [2.24, 2.45) is 11.8 Å². The number of fused-ring (bicyclic) bond motifs is 4. The van der Waals surface area contributed by atoms with E-state index in [0.29, 0.717) is 12.8 Å². The number of rotatable bonds is 7. The van der Waals surface area contributed by atoms with Crippen LogP contribution in [-0.4, -0.2) is 73.1 Å². The lowest BCUT2D eigenvalue weighted by Crippen LogP contribution is -2.48. The van der Waals surface area contributed by atoms with Gasteiger partial charge >= 0.3 is 29.8 Å². The molecule has 0 amide bonds. The van der Waals surface area contributed by atoms with Gasteiger partial charge in [0.05, 0.1) is 23.0 Å². The fourth-order valence-electron chi connectivity index (χ4n) is 5.22. The van der Waals surface area contributed by atoms with Gasteiger partial charge in [-0.2, -0.15) is 0 Å². The predicted molar refractivity (Wildman–Crippen MR) is 126 cm³/mol. The van der Waals surface area contributed by atoms with E-state index in [1.807, 2.05) is 6.92 Å². The molecule has 0 saturated carbocycles. The highest BCUT2D eigenvalue weighted by molar-refractivity contribution is 5.92. The van der Waals surface area contributed by atoms with Gasteiger partial charge in [0.15, 0.2) is 0 Å². The van der Waals surface area contributed by atoms with Gasteiger partial charge in [-0.3, -0.25) is 14.4 Å². The lowest BCUT2D eigenvalue weighted by Gasteiger charge is -2.35. The van der Waals surface area contributed by atoms with Crippen molar-refractivity contribution in [3.63, 3.8) is 0 Å². The van der Waals surface area contributed by atoms with Crippen molar-refractivity contribution >= 4 is 29.8 Å². The monoisotopic (exact) mass is 522 g/mol. The number of esters is 5. The molecule has 0 spiro atoms. The van der Waals surface area contributed by atoms with Gasteiger partial charge in [0.2, 0.25) is 0 Å². The summed E-state index contributed by atoms with van der Waals surface area (Å²) in [5.41, 5.74) is -0.596. The first-order valence-electron chi connectivity index (χ1n) is 12.2. The maximum atomic E-state index is 13.0. The lowest BCUT2D eigenvalue weighted by atomic mass is 9.78. The summed E-state index contributed by atoms with van der Waals surface area (Å²) >= 11 is 0. The van der Waals surface area contributed by atoms with Crippen LogP contribution in [0, 0.1) is 11.8 Å². The predicted octanol–water partition coefficient (Wildman–Crippen LogP) is 1.96. The van der Waals surface area contributed by atoms with Crippen molar-refractivity contribution in [3.05, 3.63) is 23.8 Å². The highest BCUT2D eigenvalue weighted by Crippen LogP contribution is 2.48. The van der Waals surface area contributed by atoms with Crippen molar-refractivity contribution in [3.8, 4) is 0 Å². The molecule has 3 rings (SSSR count). The van der Waals surface area contributed by atoms with Gasteiger partial charge < -0.3 is 28.4 Å². The molecule has 11 heteroatoms. The molecule has 7 atom stereocenters. The highest BCUT2D eigenvalue weighted by atomic mass is 16.6. The number of carbonyl (C=O) groups excluding carboxylic acids is 5. The molecular formula is C26H34O11. The van der Waals surface area contributed by atoms with Gasteiger partial charge in [0.1, 0.15) is 37.6 Å².